The molecular formula is C18H29N3O2. The molecule has 1 rings (SSSR count). The predicted octanol–water partition coefficient (Wildman–Crippen LogP) is 1.58. The summed E-state index contributed by atoms with van der Waals surface area (Å²) < 4.78 is 0. The third-order valence-electron chi connectivity index (χ3n) is 3.39. The van der Waals surface area contributed by atoms with Crippen LogP contribution in [-0.4, -0.2) is 48.9 Å². The second-order valence-electron chi connectivity index (χ2n) is 6.39. The molecule has 0 saturated heterocycles. The molecule has 0 aliphatic heterocycles. The summed E-state index contributed by atoms with van der Waals surface area (Å²) in [6.45, 7) is 6.29. The summed E-state index contributed by atoms with van der Waals surface area (Å²) in [4.78, 5) is 25.4. The lowest BCUT2D eigenvalue weighted by Crippen LogP contribution is -2.44. The van der Waals surface area contributed by atoms with E-state index in [0.29, 0.717) is 0 Å². The molecule has 2 amide bonds. The van der Waals surface area contributed by atoms with E-state index in [1.165, 1.54) is 5.56 Å². The highest BCUT2D eigenvalue weighted by molar-refractivity contribution is 5.81. The zero-order chi connectivity index (χ0) is 17.2. The molecule has 0 fully saturated rings. The van der Waals surface area contributed by atoms with Crippen molar-refractivity contribution in [3.63, 3.8) is 0 Å². The molecule has 0 radical (unpaired) electrons. The van der Waals surface area contributed by atoms with Crippen molar-refractivity contribution >= 4 is 11.8 Å². The number of aryl methyl sites for hydroxylation is 1. The van der Waals surface area contributed by atoms with Gasteiger partial charge in [-0.05, 0) is 46.2 Å². The first-order chi connectivity index (χ1) is 10.9. The number of carbonyl (C=O) groups is 2. The fourth-order valence-corrected chi connectivity index (χ4v) is 2.33. The monoisotopic (exact) mass is 319 g/mol. The molecule has 0 heterocycles. The molecule has 2 N–H and O–H groups in total. The second-order valence-corrected chi connectivity index (χ2v) is 6.39. The van der Waals surface area contributed by atoms with Crippen LogP contribution in [0.15, 0.2) is 30.3 Å². The Morgan fingerprint density at radius 3 is 2.13 bits per heavy atom. The Labute approximate surface area is 139 Å². The van der Waals surface area contributed by atoms with Gasteiger partial charge in [0.25, 0.3) is 0 Å². The van der Waals surface area contributed by atoms with Gasteiger partial charge < -0.3 is 10.6 Å². The fraction of sp³-hybridized carbons (Fsp3) is 0.556. The van der Waals surface area contributed by atoms with Gasteiger partial charge in [0.2, 0.25) is 11.8 Å². The van der Waals surface area contributed by atoms with Gasteiger partial charge in [0.15, 0.2) is 0 Å². The maximum absolute atomic E-state index is 12.0. The van der Waals surface area contributed by atoms with Crippen molar-refractivity contribution in [2.24, 2.45) is 0 Å². The summed E-state index contributed by atoms with van der Waals surface area (Å²) in [5, 5.41) is 5.80. The summed E-state index contributed by atoms with van der Waals surface area (Å²) in [7, 11) is 1.77. The zero-order valence-corrected chi connectivity index (χ0v) is 14.6. The number of likely N-dealkylation sites (N-methyl/N-ethyl adjacent to an activating group) is 1. The highest BCUT2D eigenvalue weighted by atomic mass is 16.2. The van der Waals surface area contributed by atoms with Gasteiger partial charge >= 0.3 is 0 Å². The largest absolute Gasteiger partial charge is 0.353 e. The van der Waals surface area contributed by atoms with E-state index in [4.69, 9.17) is 0 Å². The number of rotatable bonds is 9. The predicted molar refractivity (Wildman–Crippen MR) is 93.1 cm³/mol. The smallest absolute Gasteiger partial charge is 0.234 e. The summed E-state index contributed by atoms with van der Waals surface area (Å²) in [6, 6.07) is 10.5. The molecule has 5 heteroatoms. The van der Waals surface area contributed by atoms with Crippen molar-refractivity contribution in [3.8, 4) is 0 Å². The van der Waals surface area contributed by atoms with Crippen molar-refractivity contribution in [3.05, 3.63) is 35.9 Å². The summed E-state index contributed by atoms with van der Waals surface area (Å²) >= 11 is 0. The molecule has 0 bridgehead atoms. The number of nitrogens with zero attached hydrogens (tertiary/aromatic N) is 1. The van der Waals surface area contributed by atoms with Gasteiger partial charge in [-0.15, -0.1) is 0 Å². The minimum atomic E-state index is -0.0626. The molecular weight excluding hydrogens is 290 g/mol. The van der Waals surface area contributed by atoms with Crippen molar-refractivity contribution in [1.82, 2.24) is 15.5 Å². The van der Waals surface area contributed by atoms with E-state index in [0.717, 1.165) is 12.8 Å². The SMILES string of the molecule is CC(C)NC(=O)CN(C)CC(=O)N[C@@H](C)CCc1ccccc1. The molecule has 0 aromatic heterocycles. The minimum absolute atomic E-state index is 0.0505. The zero-order valence-electron chi connectivity index (χ0n) is 14.6. The molecule has 0 unspecified atom stereocenters. The Morgan fingerprint density at radius 1 is 1.00 bits per heavy atom. The number of carbonyl (C=O) groups excluding carboxylic acids is 2. The first-order valence-corrected chi connectivity index (χ1v) is 8.18. The number of nitrogens with one attached hydrogen (secondary N) is 2. The van der Waals surface area contributed by atoms with E-state index in [9.17, 15) is 9.59 Å². The highest BCUT2D eigenvalue weighted by Crippen LogP contribution is 2.04. The molecule has 0 aliphatic rings. The van der Waals surface area contributed by atoms with Crippen LogP contribution < -0.4 is 10.6 Å². The van der Waals surface area contributed by atoms with E-state index in [-0.39, 0.29) is 37.0 Å². The quantitative estimate of drug-likeness (QED) is 0.726. The van der Waals surface area contributed by atoms with Crippen LogP contribution in [0.25, 0.3) is 0 Å². The lowest BCUT2D eigenvalue weighted by atomic mass is 10.1. The van der Waals surface area contributed by atoms with Gasteiger partial charge in [-0.3, -0.25) is 14.5 Å². The number of benzene rings is 1. The van der Waals surface area contributed by atoms with Crippen molar-refractivity contribution in [2.75, 3.05) is 20.1 Å². The van der Waals surface area contributed by atoms with Gasteiger partial charge in [0.1, 0.15) is 0 Å². The van der Waals surface area contributed by atoms with Crippen LogP contribution in [0.1, 0.15) is 32.8 Å². The Hall–Kier alpha value is -1.88. The summed E-state index contributed by atoms with van der Waals surface area (Å²) in [5.74, 6) is -0.113. The maximum atomic E-state index is 12.0. The van der Waals surface area contributed by atoms with Crippen LogP contribution in [-0.2, 0) is 16.0 Å². The Bertz CT molecular complexity index is 488. The van der Waals surface area contributed by atoms with Crippen LogP contribution in [0.3, 0.4) is 0 Å². The van der Waals surface area contributed by atoms with Gasteiger partial charge in [0.05, 0.1) is 13.1 Å². The normalized spacial score (nSPS) is 12.3. The van der Waals surface area contributed by atoms with Crippen molar-refractivity contribution in [2.45, 2.75) is 45.7 Å². The molecule has 23 heavy (non-hydrogen) atoms. The third kappa shape index (κ3) is 8.98. The van der Waals surface area contributed by atoms with Gasteiger partial charge in [-0.2, -0.15) is 0 Å². The highest BCUT2D eigenvalue weighted by Gasteiger charge is 2.13. The van der Waals surface area contributed by atoms with Crippen LogP contribution in [0, 0.1) is 0 Å². The van der Waals surface area contributed by atoms with E-state index in [1.807, 2.05) is 39.0 Å². The molecule has 1 aromatic carbocycles. The molecule has 0 spiro atoms. The van der Waals surface area contributed by atoms with Crippen LogP contribution in [0.4, 0.5) is 0 Å². The molecule has 1 atom stereocenters. The standard InChI is InChI=1S/C18H29N3O2/c1-14(2)19-17(22)12-21(4)13-18(23)20-15(3)10-11-16-8-6-5-7-9-16/h5-9,14-15H,10-13H2,1-4H3,(H,19,22)(H,20,23)/t15-/m0/s1. The molecule has 128 valence electrons. The molecule has 5 nitrogen and oxygen atoms in total. The average molecular weight is 319 g/mol. The molecule has 1 aromatic rings. The summed E-state index contributed by atoms with van der Waals surface area (Å²) in [6.07, 6.45) is 1.84. The van der Waals surface area contributed by atoms with E-state index < -0.39 is 0 Å². The number of amides is 2. The number of hydrogen-bond donors (Lipinski definition) is 2. The third-order valence-corrected chi connectivity index (χ3v) is 3.39. The van der Waals surface area contributed by atoms with Gasteiger partial charge in [-0.1, -0.05) is 30.3 Å². The van der Waals surface area contributed by atoms with Crippen molar-refractivity contribution < 1.29 is 9.59 Å². The van der Waals surface area contributed by atoms with Crippen molar-refractivity contribution in [1.29, 1.82) is 0 Å². The van der Waals surface area contributed by atoms with Crippen LogP contribution >= 0.6 is 0 Å². The first kappa shape index (κ1) is 19.2. The van der Waals surface area contributed by atoms with E-state index >= 15 is 0 Å². The minimum Gasteiger partial charge on any atom is -0.353 e. The average Bonchev–Trinajstić information content (AvgIpc) is 2.44. The topological polar surface area (TPSA) is 61.4 Å². The molecule has 0 saturated carbocycles. The van der Waals surface area contributed by atoms with Gasteiger partial charge in [0, 0.05) is 12.1 Å². The Kier molecular flexibility index (Phi) is 8.33. The number of hydrogen-bond acceptors (Lipinski definition) is 3. The maximum Gasteiger partial charge on any atom is 0.234 e. The lowest BCUT2D eigenvalue weighted by Gasteiger charge is -2.19. The van der Waals surface area contributed by atoms with E-state index in [1.54, 1.807) is 11.9 Å². The summed E-state index contributed by atoms with van der Waals surface area (Å²) in [5.41, 5.74) is 1.27. The van der Waals surface area contributed by atoms with Crippen LogP contribution in [0.5, 0.6) is 0 Å². The second kappa shape index (κ2) is 10.0. The Morgan fingerprint density at radius 2 is 1.57 bits per heavy atom. The van der Waals surface area contributed by atoms with E-state index in [2.05, 4.69) is 22.8 Å². The molecule has 0 aliphatic carbocycles. The van der Waals surface area contributed by atoms with Gasteiger partial charge in [-0.25, -0.2) is 0 Å². The Balaban J connectivity index is 2.25. The lowest BCUT2D eigenvalue weighted by molar-refractivity contribution is -0.125. The fourth-order valence-electron chi connectivity index (χ4n) is 2.33. The van der Waals surface area contributed by atoms with Crippen LogP contribution in [0.2, 0.25) is 0 Å². The first-order valence-electron chi connectivity index (χ1n) is 8.18.